The lowest BCUT2D eigenvalue weighted by molar-refractivity contribution is 0.595. The molecule has 4 heteroatoms. The van der Waals surface area contributed by atoms with Crippen LogP contribution in [0.2, 0.25) is 0 Å². The van der Waals surface area contributed by atoms with Gasteiger partial charge in [-0.25, -0.2) is 8.42 Å². The van der Waals surface area contributed by atoms with E-state index in [1.807, 2.05) is 43.3 Å². The van der Waals surface area contributed by atoms with Crippen molar-refractivity contribution in [2.75, 3.05) is 11.5 Å². The fourth-order valence-electron chi connectivity index (χ4n) is 1.93. The zero-order valence-corrected chi connectivity index (χ0v) is 11.7. The summed E-state index contributed by atoms with van der Waals surface area (Å²) in [4.78, 5) is 0.239. The number of benzene rings is 2. The maximum Gasteiger partial charge on any atom is 0.180 e. The second-order valence-corrected chi connectivity index (χ2v) is 6.62. The third-order valence-electron chi connectivity index (χ3n) is 3.12. The van der Waals surface area contributed by atoms with Crippen molar-refractivity contribution < 1.29 is 8.42 Å². The van der Waals surface area contributed by atoms with E-state index in [0.717, 1.165) is 11.1 Å². The Hall–Kier alpha value is -1.81. The normalized spacial score (nSPS) is 11.4. The average Bonchev–Trinajstić information content (AvgIpc) is 2.41. The molecule has 0 bridgehead atoms. The van der Waals surface area contributed by atoms with Gasteiger partial charge in [-0.1, -0.05) is 42.5 Å². The van der Waals surface area contributed by atoms with Crippen LogP contribution in [0, 0.1) is 6.92 Å². The quantitative estimate of drug-likeness (QED) is 0.872. The summed E-state index contributed by atoms with van der Waals surface area (Å²) in [5.74, 6) is 0.0741. The predicted molar refractivity (Wildman–Crippen MR) is 77.8 cm³/mol. The lowest BCUT2D eigenvalue weighted by Crippen LogP contribution is -2.12. The summed E-state index contributed by atoms with van der Waals surface area (Å²) in [6, 6.07) is 14.7. The lowest BCUT2D eigenvalue weighted by Gasteiger charge is -2.09. The van der Waals surface area contributed by atoms with E-state index in [1.165, 1.54) is 0 Å². The highest BCUT2D eigenvalue weighted by molar-refractivity contribution is 7.91. The lowest BCUT2D eigenvalue weighted by atomic mass is 10.2. The standard InChI is InChI=1S/C15H17NO2S/c1-12-6-5-9-14(15(12)16)19(17,18)11-10-13-7-3-2-4-8-13/h2-9H,10-11,16H2,1H3. The van der Waals surface area contributed by atoms with Crippen LogP contribution in [0.15, 0.2) is 53.4 Å². The van der Waals surface area contributed by atoms with E-state index >= 15 is 0 Å². The SMILES string of the molecule is Cc1cccc(S(=O)(=O)CCc2ccccc2)c1N. The number of nitrogen functional groups attached to an aromatic ring is 1. The second kappa shape index (κ2) is 5.45. The Bertz CT molecular complexity index is 664. The van der Waals surface area contributed by atoms with Crippen LogP contribution in [0.4, 0.5) is 5.69 Å². The van der Waals surface area contributed by atoms with Gasteiger partial charge < -0.3 is 5.73 Å². The van der Waals surface area contributed by atoms with Gasteiger partial charge in [0.25, 0.3) is 0 Å². The number of para-hydroxylation sites is 1. The number of nitrogens with two attached hydrogens (primary N) is 1. The number of hydrogen-bond donors (Lipinski definition) is 1. The summed E-state index contributed by atoms with van der Waals surface area (Å²) < 4.78 is 24.6. The predicted octanol–water partition coefficient (Wildman–Crippen LogP) is 2.59. The molecule has 0 aliphatic heterocycles. The van der Waals surface area contributed by atoms with Crippen LogP contribution < -0.4 is 5.73 Å². The van der Waals surface area contributed by atoms with Crippen LogP contribution in [0.1, 0.15) is 11.1 Å². The Morgan fingerprint density at radius 3 is 2.37 bits per heavy atom. The van der Waals surface area contributed by atoms with E-state index in [-0.39, 0.29) is 10.6 Å². The van der Waals surface area contributed by atoms with E-state index in [9.17, 15) is 8.42 Å². The van der Waals surface area contributed by atoms with Crippen molar-refractivity contribution in [2.45, 2.75) is 18.2 Å². The topological polar surface area (TPSA) is 60.2 Å². The summed E-state index contributed by atoms with van der Waals surface area (Å²) in [7, 11) is -3.34. The Kier molecular flexibility index (Phi) is 3.90. The minimum atomic E-state index is -3.34. The van der Waals surface area contributed by atoms with E-state index in [2.05, 4.69) is 0 Å². The second-order valence-electron chi connectivity index (χ2n) is 4.54. The molecule has 0 aromatic heterocycles. The van der Waals surface area contributed by atoms with Crippen molar-refractivity contribution in [3.05, 3.63) is 59.7 Å². The number of sulfone groups is 1. The monoisotopic (exact) mass is 275 g/mol. The molecule has 0 atom stereocenters. The van der Waals surface area contributed by atoms with E-state index < -0.39 is 9.84 Å². The van der Waals surface area contributed by atoms with Crippen molar-refractivity contribution in [1.29, 1.82) is 0 Å². The molecule has 2 aromatic carbocycles. The summed E-state index contributed by atoms with van der Waals surface area (Å²) in [5.41, 5.74) is 8.02. The van der Waals surface area contributed by atoms with Crippen molar-refractivity contribution >= 4 is 15.5 Å². The summed E-state index contributed by atoms with van der Waals surface area (Å²) >= 11 is 0. The third-order valence-corrected chi connectivity index (χ3v) is 4.89. The molecule has 19 heavy (non-hydrogen) atoms. The van der Waals surface area contributed by atoms with E-state index in [0.29, 0.717) is 12.1 Å². The summed E-state index contributed by atoms with van der Waals surface area (Å²) in [6.07, 6.45) is 0.497. The molecule has 0 unspecified atom stereocenters. The Labute approximate surface area is 114 Å². The molecule has 0 aliphatic rings. The molecule has 2 aromatic rings. The third kappa shape index (κ3) is 3.15. The smallest absolute Gasteiger partial charge is 0.180 e. The van der Waals surface area contributed by atoms with Gasteiger partial charge in [-0.3, -0.25) is 0 Å². The van der Waals surface area contributed by atoms with Crippen LogP contribution in [-0.2, 0) is 16.3 Å². The van der Waals surface area contributed by atoms with Gasteiger partial charge in [-0.05, 0) is 30.5 Å². The zero-order valence-electron chi connectivity index (χ0n) is 10.8. The van der Waals surface area contributed by atoms with Crippen LogP contribution in [0.25, 0.3) is 0 Å². The molecule has 3 nitrogen and oxygen atoms in total. The first-order chi connectivity index (χ1) is 9.00. The van der Waals surface area contributed by atoms with E-state index in [1.54, 1.807) is 12.1 Å². The fourth-order valence-corrected chi connectivity index (χ4v) is 3.44. The Morgan fingerprint density at radius 1 is 1.00 bits per heavy atom. The first-order valence-electron chi connectivity index (χ1n) is 6.12. The van der Waals surface area contributed by atoms with Gasteiger partial charge in [-0.15, -0.1) is 0 Å². The molecular formula is C15H17NO2S. The first-order valence-corrected chi connectivity index (χ1v) is 7.78. The number of rotatable bonds is 4. The Balaban J connectivity index is 2.22. The fraction of sp³-hybridized carbons (Fsp3) is 0.200. The summed E-state index contributed by atoms with van der Waals surface area (Å²) in [6.45, 7) is 1.81. The average molecular weight is 275 g/mol. The summed E-state index contributed by atoms with van der Waals surface area (Å²) in [5, 5.41) is 0. The highest BCUT2D eigenvalue weighted by Gasteiger charge is 2.18. The molecule has 0 saturated carbocycles. The van der Waals surface area contributed by atoms with Crippen LogP contribution in [0.5, 0.6) is 0 Å². The van der Waals surface area contributed by atoms with Crippen molar-refractivity contribution in [3.63, 3.8) is 0 Å². The van der Waals surface area contributed by atoms with Crippen LogP contribution >= 0.6 is 0 Å². The molecular weight excluding hydrogens is 258 g/mol. The van der Waals surface area contributed by atoms with Gasteiger partial charge in [0, 0.05) is 0 Å². The minimum absolute atomic E-state index is 0.0741. The molecule has 0 saturated heterocycles. The molecule has 0 amide bonds. The van der Waals surface area contributed by atoms with Crippen LogP contribution in [-0.4, -0.2) is 14.2 Å². The van der Waals surface area contributed by atoms with Crippen molar-refractivity contribution in [2.24, 2.45) is 0 Å². The largest absolute Gasteiger partial charge is 0.397 e. The van der Waals surface area contributed by atoms with Gasteiger partial charge in [0.2, 0.25) is 0 Å². The Morgan fingerprint density at radius 2 is 1.68 bits per heavy atom. The van der Waals surface area contributed by atoms with Gasteiger partial charge >= 0.3 is 0 Å². The number of hydrogen-bond acceptors (Lipinski definition) is 3. The molecule has 0 radical (unpaired) electrons. The van der Waals surface area contributed by atoms with Crippen molar-refractivity contribution in [3.8, 4) is 0 Å². The molecule has 0 spiro atoms. The molecule has 100 valence electrons. The number of aryl methyl sites for hydroxylation is 2. The van der Waals surface area contributed by atoms with Gasteiger partial charge in [0.1, 0.15) is 0 Å². The maximum absolute atomic E-state index is 12.3. The highest BCUT2D eigenvalue weighted by atomic mass is 32.2. The van der Waals surface area contributed by atoms with Gasteiger partial charge in [-0.2, -0.15) is 0 Å². The molecule has 2 rings (SSSR count). The van der Waals surface area contributed by atoms with Crippen LogP contribution in [0.3, 0.4) is 0 Å². The molecule has 2 N–H and O–H groups in total. The minimum Gasteiger partial charge on any atom is -0.397 e. The van der Waals surface area contributed by atoms with Crippen molar-refractivity contribution in [1.82, 2.24) is 0 Å². The number of anilines is 1. The highest BCUT2D eigenvalue weighted by Crippen LogP contribution is 2.23. The molecule has 0 aliphatic carbocycles. The molecule has 0 fully saturated rings. The zero-order chi connectivity index (χ0) is 13.9. The molecule has 0 heterocycles. The maximum atomic E-state index is 12.3. The van der Waals surface area contributed by atoms with E-state index in [4.69, 9.17) is 5.73 Å². The van der Waals surface area contributed by atoms with Gasteiger partial charge in [0.15, 0.2) is 9.84 Å². The van der Waals surface area contributed by atoms with Gasteiger partial charge in [0.05, 0.1) is 16.3 Å². The first kappa shape index (κ1) is 13.6.